The van der Waals surface area contributed by atoms with E-state index in [4.69, 9.17) is 0 Å². The molecule has 138 valence electrons. The van der Waals surface area contributed by atoms with Gasteiger partial charge in [0.1, 0.15) is 5.69 Å². The third kappa shape index (κ3) is 3.85. The summed E-state index contributed by atoms with van der Waals surface area (Å²) < 4.78 is 1.46. The number of carbonyl (C=O) groups excluding carboxylic acids is 1. The van der Waals surface area contributed by atoms with E-state index in [1.165, 1.54) is 10.2 Å². The number of hydrogen-bond acceptors (Lipinski definition) is 4. The van der Waals surface area contributed by atoms with Gasteiger partial charge in [0.15, 0.2) is 0 Å². The van der Waals surface area contributed by atoms with Crippen LogP contribution in [0.2, 0.25) is 0 Å². The summed E-state index contributed by atoms with van der Waals surface area (Å²) in [5.74, 6) is 0.115. The van der Waals surface area contributed by atoms with Crippen molar-refractivity contribution in [3.05, 3.63) is 69.8 Å². The smallest absolute Gasteiger partial charge is 0.266 e. The van der Waals surface area contributed by atoms with Gasteiger partial charge in [-0.1, -0.05) is 24.3 Å². The minimum absolute atomic E-state index is 0.115. The molecule has 6 heteroatoms. The first-order chi connectivity index (χ1) is 13.2. The molecule has 1 aliphatic heterocycles. The van der Waals surface area contributed by atoms with Crippen molar-refractivity contribution in [2.45, 2.75) is 32.2 Å². The van der Waals surface area contributed by atoms with Gasteiger partial charge in [-0.05, 0) is 48.4 Å². The molecule has 0 atom stereocenters. The number of amides is 1. The molecule has 0 aliphatic carbocycles. The molecule has 1 amide bonds. The summed E-state index contributed by atoms with van der Waals surface area (Å²) in [5.41, 5.74) is 2.93. The Labute approximate surface area is 161 Å². The number of anilines is 1. The highest BCUT2D eigenvalue weighted by Gasteiger charge is 2.21. The molecule has 27 heavy (non-hydrogen) atoms. The van der Waals surface area contributed by atoms with Crippen LogP contribution in [0.1, 0.15) is 24.8 Å². The Morgan fingerprint density at radius 1 is 1.11 bits per heavy atom. The highest BCUT2D eigenvalue weighted by atomic mass is 32.1. The topological polar surface area (TPSA) is 55.2 Å². The van der Waals surface area contributed by atoms with Gasteiger partial charge in [-0.15, -0.1) is 11.3 Å². The number of para-hydroxylation sites is 1. The molecule has 1 aromatic carbocycles. The zero-order valence-corrected chi connectivity index (χ0v) is 15.8. The van der Waals surface area contributed by atoms with Crippen molar-refractivity contribution < 1.29 is 4.79 Å². The highest BCUT2D eigenvalue weighted by molar-refractivity contribution is 7.13. The Morgan fingerprint density at radius 2 is 2.00 bits per heavy atom. The number of thiophene rings is 1. The van der Waals surface area contributed by atoms with Gasteiger partial charge in [-0.3, -0.25) is 9.59 Å². The number of nitrogens with zero attached hydrogens (tertiary/aromatic N) is 3. The minimum atomic E-state index is -0.133. The van der Waals surface area contributed by atoms with Gasteiger partial charge in [-0.25, -0.2) is 4.68 Å². The summed E-state index contributed by atoms with van der Waals surface area (Å²) in [6.07, 6.45) is 3.02. The van der Waals surface area contributed by atoms with Gasteiger partial charge in [0.2, 0.25) is 5.91 Å². The first-order valence-corrected chi connectivity index (χ1v) is 10.1. The lowest BCUT2D eigenvalue weighted by molar-refractivity contribution is -0.118. The normalized spacial score (nSPS) is 13.4. The van der Waals surface area contributed by atoms with E-state index in [0.29, 0.717) is 19.4 Å². The predicted octanol–water partition coefficient (Wildman–Crippen LogP) is 3.73. The maximum atomic E-state index is 12.7. The van der Waals surface area contributed by atoms with Crippen LogP contribution in [-0.2, 0) is 17.8 Å². The molecule has 5 nitrogen and oxygen atoms in total. The Balaban J connectivity index is 1.41. The quantitative estimate of drug-likeness (QED) is 0.679. The van der Waals surface area contributed by atoms with Crippen LogP contribution in [0.4, 0.5) is 5.69 Å². The fraction of sp³-hybridized carbons (Fsp3) is 0.286. The SMILES string of the molecule is O=C(CCCn1nc(-c2cccs2)ccc1=O)N1CCCc2ccccc21. The second kappa shape index (κ2) is 7.88. The lowest BCUT2D eigenvalue weighted by atomic mass is 10.0. The summed E-state index contributed by atoms with van der Waals surface area (Å²) in [7, 11) is 0. The third-order valence-corrected chi connectivity index (χ3v) is 5.70. The Morgan fingerprint density at radius 3 is 2.85 bits per heavy atom. The van der Waals surface area contributed by atoms with Gasteiger partial charge in [0.25, 0.3) is 5.56 Å². The summed E-state index contributed by atoms with van der Waals surface area (Å²) in [5, 5.41) is 6.44. The van der Waals surface area contributed by atoms with Crippen LogP contribution >= 0.6 is 11.3 Å². The van der Waals surface area contributed by atoms with Gasteiger partial charge < -0.3 is 4.90 Å². The van der Waals surface area contributed by atoms with Gasteiger partial charge >= 0.3 is 0 Å². The maximum absolute atomic E-state index is 12.7. The molecular formula is C21H21N3O2S. The molecule has 0 radical (unpaired) electrons. The first-order valence-electron chi connectivity index (χ1n) is 9.23. The van der Waals surface area contributed by atoms with Crippen LogP contribution in [0.15, 0.2) is 58.7 Å². The number of carbonyl (C=O) groups is 1. The number of rotatable bonds is 5. The second-order valence-electron chi connectivity index (χ2n) is 6.64. The lowest BCUT2D eigenvalue weighted by Crippen LogP contribution is -2.35. The molecule has 1 aliphatic rings. The van der Waals surface area contributed by atoms with E-state index in [2.05, 4.69) is 11.2 Å². The molecule has 3 aromatic rings. The Kier molecular flexibility index (Phi) is 5.16. The molecular weight excluding hydrogens is 358 g/mol. The Hall–Kier alpha value is -2.73. The van der Waals surface area contributed by atoms with E-state index in [9.17, 15) is 9.59 Å². The molecule has 0 saturated heterocycles. The molecule has 0 spiro atoms. The monoisotopic (exact) mass is 379 g/mol. The average molecular weight is 379 g/mol. The number of aromatic nitrogens is 2. The van der Waals surface area contributed by atoms with Crippen LogP contribution in [0.25, 0.3) is 10.6 Å². The van der Waals surface area contributed by atoms with Crippen LogP contribution in [-0.4, -0.2) is 22.2 Å². The molecule has 0 bridgehead atoms. The summed E-state index contributed by atoms with van der Waals surface area (Å²) in [6.45, 7) is 1.21. The second-order valence-corrected chi connectivity index (χ2v) is 7.59. The van der Waals surface area contributed by atoms with Gasteiger partial charge in [0.05, 0.1) is 4.88 Å². The van der Waals surface area contributed by atoms with Crippen molar-refractivity contribution in [1.29, 1.82) is 0 Å². The lowest BCUT2D eigenvalue weighted by Gasteiger charge is -2.29. The highest BCUT2D eigenvalue weighted by Crippen LogP contribution is 2.27. The van der Waals surface area contributed by atoms with E-state index in [-0.39, 0.29) is 11.5 Å². The third-order valence-electron chi connectivity index (χ3n) is 4.81. The van der Waals surface area contributed by atoms with Crippen molar-refractivity contribution in [2.24, 2.45) is 0 Å². The van der Waals surface area contributed by atoms with E-state index in [1.54, 1.807) is 23.5 Å². The van der Waals surface area contributed by atoms with Crippen molar-refractivity contribution in [1.82, 2.24) is 9.78 Å². The Bertz CT molecular complexity index is 995. The average Bonchev–Trinajstić information content (AvgIpc) is 3.23. The zero-order valence-electron chi connectivity index (χ0n) is 15.0. The van der Waals surface area contributed by atoms with Gasteiger partial charge in [-0.2, -0.15) is 5.10 Å². The maximum Gasteiger partial charge on any atom is 0.266 e. The molecule has 0 unspecified atom stereocenters. The van der Waals surface area contributed by atoms with Crippen molar-refractivity contribution in [2.75, 3.05) is 11.4 Å². The standard InChI is InChI=1S/C21H21N3O2S/c25-20(23-13-3-7-16-6-1-2-8-18(16)23)10-4-14-24-21(26)12-11-17(22-24)19-9-5-15-27-19/h1-2,5-6,8-9,11-12,15H,3-4,7,10,13-14H2. The van der Waals surface area contributed by atoms with Crippen molar-refractivity contribution in [3.8, 4) is 10.6 Å². The van der Waals surface area contributed by atoms with Crippen LogP contribution in [0, 0.1) is 0 Å². The van der Waals surface area contributed by atoms with Crippen molar-refractivity contribution in [3.63, 3.8) is 0 Å². The summed E-state index contributed by atoms with van der Waals surface area (Å²) in [4.78, 5) is 27.7. The van der Waals surface area contributed by atoms with Gasteiger partial charge in [0, 0.05) is 31.3 Å². The first kappa shape index (κ1) is 17.7. The van der Waals surface area contributed by atoms with E-state index in [1.807, 2.05) is 40.6 Å². The minimum Gasteiger partial charge on any atom is -0.312 e. The van der Waals surface area contributed by atoms with Crippen LogP contribution < -0.4 is 10.5 Å². The summed E-state index contributed by atoms with van der Waals surface area (Å²) >= 11 is 1.59. The number of fused-ring (bicyclic) bond motifs is 1. The van der Waals surface area contributed by atoms with Crippen LogP contribution in [0.3, 0.4) is 0 Å². The number of aryl methyl sites for hydroxylation is 2. The largest absolute Gasteiger partial charge is 0.312 e. The molecule has 0 saturated carbocycles. The molecule has 4 rings (SSSR count). The number of hydrogen-bond donors (Lipinski definition) is 0. The molecule has 0 fully saturated rings. The van der Waals surface area contributed by atoms with E-state index in [0.717, 1.165) is 35.6 Å². The summed E-state index contributed by atoms with van der Waals surface area (Å²) in [6, 6.07) is 15.4. The molecule has 2 aromatic heterocycles. The fourth-order valence-corrected chi connectivity index (χ4v) is 4.16. The zero-order chi connectivity index (χ0) is 18.6. The van der Waals surface area contributed by atoms with Crippen molar-refractivity contribution >= 4 is 22.9 Å². The predicted molar refractivity (Wildman–Crippen MR) is 108 cm³/mol. The number of benzene rings is 1. The van der Waals surface area contributed by atoms with E-state index < -0.39 is 0 Å². The fourth-order valence-electron chi connectivity index (χ4n) is 3.47. The molecule has 3 heterocycles. The van der Waals surface area contributed by atoms with E-state index >= 15 is 0 Å². The molecule has 0 N–H and O–H groups in total. The van der Waals surface area contributed by atoms with Crippen LogP contribution in [0.5, 0.6) is 0 Å².